The van der Waals surface area contributed by atoms with Gasteiger partial charge in [0.15, 0.2) is 0 Å². The summed E-state index contributed by atoms with van der Waals surface area (Å²) in [6, 6.07) is 2.23. The monoisotopic (exact) mass is 320 g/mol. The van der Waals surface area contributed by atoms with Crippen LogP contribution in [0, 0.1) is 11.3 Å². The Morgan fingerprint density at radius 3 is 3.05 bits per heavy atom. The molecule has 1 amide bonds. The summed E-state index contributed by atoms with van der Waals surface area (Å²) >= 11 is 7.28. The molecule has 0 aliphatic heterocycles. The second-order valence-corrected chi connectivity index (χ2v) is 6.47. The van der Waals surface area contributed by atoms with Crippen molar-refractivity contribution in [2.45, 2.75) is 32.2 Å². The van der Waals surface area contributed by atoms with E-state index in [1.807, 2.05) is 0 Å². The van der Waals surface area contributed by atoms with Crippen molar-refractivity contribution in [2.24, 2.45) is 0 Å². The Morgan fingerprint density at radius 1 is 1.52 bits per heavy atom. The molecule has 1 aliphatic rings. The van der Waals surface area contributed by atoms with Gasteiger partial charge < -0.3 is 5.32 Å². The number of carbonyl (C=O) groups is 1. The summed E-state index contributed by atoms with van der Waals surface area (Å²) in [7, 11) is 0. The van der Waals surface area contributed by atoms with Gasteiger partial charge in [-0.15, -0.1) is 11.3 Å². The van der Waals surface area contributed by atoms with Gasteiger partial charge in [0, 0.05) is 11.1 Å². The van der Waals surface area contributed by atoms with Crippen LogP contribution >= 0.6 is 22.9 Å². The van der Waals surface area contributed by atoms with Gasteiger partial charge in [-0.25, -0.2) is 0 Å². The maximum absolute atomic E-state index is 12.1. The highest BCUT2D eigenvalue weighted by Gasteiger charge is 2.21. The van der Waals surface area contributed by atoms with Gasteiger partial charge in [0.25, 0.3) is 0 Å². The highest BCUT2D eigenvalue weighted by Crippen LogP contribution is 2.37. The van der Waals surface area contributed by atoms with Crippen molar-refractivity contribution in [3.63, 3.8) is 0 Å². The number of rotatable bonds is 3. The second kappa shape index (κ2) is 5.88. The summed E-state index contributed by atoms with van der Waals surface area (Å²) in [5, 5.41) is 17.3. The molecule has 2 heterocycles. The number of halogens is 1. The predicted octanol–water partition coefficient (Wildman–Crippen LogP) is 2.99. The van der Waals surface area contributed by atoms with Gasteiger partial charge in [0.1, 0.15) is 17.6 Å². The average Bonchev–Trinajstić information content (AvgIpc) is 3.01. The third-order valence-corrected chi connectivity index (χ3v) is 4.85. The zero-order valence-corrected chi connectivity index (χ0v) is 12.8. The van der Waals surface area contributed by atoms with Gasteiger partial charge in [-0.05, 0) is 31.2 Å². The van der Waals surface area contributed by atoms with Gasteiger partial charge in [0.2, 0.25) is 5.91 Å². The first-order chi connectivity index (χ1) is 10.2. The smallest absolute Gasteiger partial charge is 0.246 e. The molecule has 0 atom stereocenters. The Morgan fingerprint density at radius 2 is 2.33 bits per heavy atom. The minimum absolute atomic E-state index is 0.0835. The van der Waals surface area contributed by atoms with Crippen molar-refractivity contribution in [1.29, 1.82) is 5.26 Å². The molecule has 21 heavy (non-hydrogen) atoms. The number of aromatic nitrogens is 2. The third-order valence-electron chi connectivity index (χ3n) is 3.44. The number of aryl methyl sites for hydroxylation is 1. The first kappa shape index (κ1) is 14.1. The van der Waals surface area contributed by atoms with Crippen molar-refractivity contribution in [1.82, 2.24) is 9.78 Å². The topological polar surface area (TPSA) is 70.7 Å². The van der Waals surface area contributed by atoms with Gasteiger partial charge in [0.05, 0.1) is 16.8 Å². The van der Waals surface area contributed by atoms with Crippen molar-refractivity contribution < 1.29 is 4.79 Å². The van der Waals surface area contributed by atoms with Crippen LogP contribution in [0.1, 0.15) is 28.8 Å². The third kappa shape index (κ3) is 2.94. The summed E-state index contributed by atoms with van der Waals surface area (Å²) in [5.41, 5.74) is 1.74. The van der Waals surface area contributed by atoms with Crippen molar-refractivity contribution in [2.75, 3.05) is 5.32 Å². The summed E-state index contributed by atoms with van der Waals surface area (Å²) in [6.45, 7) is 0.0835. The zero-order chi connectivity index (χ0) is 14.8. The molecule has 0 saturated carbocycles. The summed E-state index contributed by atoms with van der Waals surface area (Å²) in [4.78, 5) is 13.3. The average molecular weight is 321 g/mol. The normalized spacial score (nSPS) is 13.5. The van der Waals surface area contributed by atoms with Crippen LogP contribution in [-0.4, -0.2) is 15.7 Å². The number of carbonyl (C=O) groups excluding carboxylic acids is 1. The zero-order valence-electron chi connectivity index (χ0n) is 11.2. The molecular formula is C14H13ClN4OS. The van der Waals surface area contributed by atoms with E-state index in [-0.39, 0.29) is 12.5 Å². The number of hydrogen-bond donors (Lipinski definition) is 1. The Labute approximate surface area is 131 Å². The molecule has 3 rings (SSSR count). The lowest BCUT2D eigenvalue weighted by Crippen LogP contribution is -2.18. The molecule has 1 aliphatic carbocycles. The molecule has 0 spiro atoms. The van der Waals surface area contributed by atoms with Crippen molar-refractivity contribution in [3.8, 4) is 6.07 Å². The Bertz CT molecular complexity index is 728. The van der Waals surface area contributed by atoms with Gasteiger partial charge >= 0.3 is 0 Å². The van der Waals surface area contributed by atoms with Crippen LogP contribution in [0.15, 0.2) is 12.4 Å². The number of amides is 1. The van der Waals surface area contributed by atoms with E-state index in [9.17, 15) is 10.1 Å². The number of thiophene rings is 1. The second-order valence-electron chi connectivity index (χ2n) is 4.93. The van der Waals surface area contributed by atoms with E-state index >= 15 is 0 Å². The molecule has 7 heteroatoms. The fraction of sp³-hybridized carbons (Fsp3) is 0.357. The van der Waals surface area contributed by atoms with E-state index in [2.05, 4.69) is 16.5 Å². The molecule has 2 aromatic heterocycles. The lowest BCUT2D eigenvalue weighted by Gasteiger charge is -2.09. The van der Waals surface area contributed by atoms with E-state index in [4.69, 9.17) is 11.6 Å². The van der Waals surface area contributed by atoms with Crippen molar-refractivity contribution in [3.05, 3.63) is 33.4 Å². The molecule has 0 bridgehead atoms. The number of nitrogens with zero attached hydrogens (tertiary/aromatic N) is 3. The minimum Gasteiger partial charge on any atom is -0.315 e. The Balaban J connectivity index is 1.77. The van der Waals surface area contributed by atoms with Crippen LogP contribution < -0.4 is 5.32 Å². The Kier molecular flexibility index (Phi) is 3.95. The van der Waals surface area contributed by atoms with Crippen LogP contribution in [0.4, 0.5) is 5.00 Å². The maximum Gasteiger partial charge on any atom is 0.246 e. The molecule has 0 saturated heterocycles. The van der Waals surface area contributed by atoms with Crippen LogP contribution in [0.3, 0.4) is 0 Å². The number of nitrogens with one attached hydrogen (secondary N) is 1. The minimum atomic E-state index is -0.204. The number of fused-ring (bicyclic) bond motifs is 1. The lowest BCUT2D eigenvalue weighted by atomic mass is 9.96. The predicted molar refractivity (Wildman–Crippen MR) is 81.5 cm³/mol. The molecule has 2 aromatic rings. The molecular weight excluding hydrogens is 308 g/mol. The molecule has 0 unspecified atom stereocenters. The molecule has 108 valence electrons. The highest BCUT2D eigenvalue weighted by atomic mass is 35.5. The number of anilines is 1. The lowest BCUT2D eigenvalue weighted by molar-refractivity contribution is -0.116. The standard InChI is InChI=1S/C14H13ClN4OS/c15-9-6-17-19(7-9)8-13(20)18-14-11(5-16)10-3-1-2-4-12(10)21-14/h6-7H,1-4,8H2,(H,18,20). The highest BCUT2D eigenvalue weighted by molar-refractivity contribution is 7.16. The van der Waals surface area contributed by atoms with Crippen LogP contribution in [0.2, 0.25) is 5.02 Å². The SMILES string of the molecule is N#Cc1c(NC(=O)Cn2cc(Cl)cn2)sc2c1CCCC2. The number of hydrogen-bond acceptors (Lipinski definition) is 4. The van der Waals surface area contributed by atoms with E-state index < -0.39 is 0 Å². The maximum atomic E-state index is 12.1. The largest absolute Gasteiger partial charge is 0.315 e. The molecule has 0 radical (unpaired) electrons. The van der Waals surface area contributed by atoms with Crippen LogP contribution in [-0.2, 0) is 24.2 Å². The fourth-order valence-corrected chi connectivity index (χ4v) is 3.92. The summed E-state index contributed by atoms with van der Waals surface area (Å²) < 4.78 is 1.47. The molecule has 0 aromatic carbocycles. The quantitative estimate of drug-likeness (QED) is 0.945. The first-order valence-corrected chi connectivity index (χ1v) is 7.89. The van der Waals surface area contributed by atoms with E-state index in [1.54, 1.807) is 6.20 Å². The summed E-state index contributed by atoms with van der Waals surface area (Å²) in [5.74, 6) is -0.204. The van der Waals surface area contributed by atoms with Crippen LogP contribution in [0.5, 0.6) is 0 Å². The van der Waals surface area contributed by atoms with E-state index in [0.717, 1.165) is 31.2 Å². The van der Waals surface area contributed by atoms with Gasteiger partial charge in [-0.2, -0.15) is 10.4 Å². The summed E-state index contributed by atoms with van der Waals surface area (Å²) in [6.07, 6.45) is 7.26. The van der Waals surface area contributed by atoms with Gasteiger partial charge in [-0.3, -0.25) is 9.48 Å². The number of nitriles is 1. The molecule has 1 N–H and O–H groups in total. The van der Waals surface area contributed by atoms with Crippen molar-refractivity contribution >= 4 is 33.8 Å². The Hall–Kier alpha value is -1.84. The first-order valence-electron chi connectivity index (χ1n) is 6.70. The fourth-order valence-electron chi connectivity index (χ4n) is 2.51. The molecule has 0 fully saturated rings. The van der Waals surface area contributed by atoms with Crippen LogP contribution in [0.25, 0.3) is 0 Å². The van der Waals surface area contributed by atoms with E-state index in [0.29, 0.717) is 15.6 Å². The van der Waals surface area contributed by atoms with E-state index in [1.165, 1.54) is 27.1 Å². The van der Waals surface area contributed by atoms with Gasteiger partial charge in [-0.1, -0.05) is 11.6 Å². The molecule has 5 nitrogen and oxygen atoms in total.